The number of nitrogens with one attached hydrogen (secondary N) is 2. The summed E-state index contributed by atoms with van der Waals surface area (Å²) in [7, 11) is -3.71. The lowest BCUT2D eigenvalue weighted by Gasteiger charge is -2.07. The molecule has 17 heavy (non-hydrogen) atoms. The van der Waals surface area contributed by atoms with E-state index in [0.29, 0.717) is 10.2 Å². The minimum atomic E-state index is -3.71. The first-order valence-corrected chi connectivity index (χ1v) is 7.11. The zero-order chi connectivity index (χ0) is 12.5. The number of benzene rings is 1. The van der Waals surface area contributed by atoms with E-state index in [1.165, 1.54) is 24.5 Å². The number of hydrogen-bond donors (Lipinski definition) is 2. The second-order valence-electron chi connectivity index (χ2n) is 3.17. The van der Waals surface area contributed by atoms with Gasteiger partial charge in [0.2, 0.25) is 0 Å². The van der Waals surface area contributed by atoms with Gasteiger partial charge in [-0.3, -0.25) is 9.82 Å². The van der Waals surface area contributed by atoms with Crippen LogP contribution in [0.4, 0.5) is 5.69 Å². The van der Waals surface area contributed by atoms with Crippen LogP contribution in [0.15, 0.2) is 40.0 Å². The summed E-state index contributed by atoms with van der Waals surface area (Å²) in [5.41, 5.74) is 0.348. The monoisotopic (exact) mass is 335 g/mol. The largest absolute Gasteiger partial charge is 0.284 e. The highest BCUT2D eigenvalue weighted by molar-refractivity contribution is 9.10. The van der Waals surface area contributed by atoms with Crippen molar-refractivity contribution in [2.45, 2.75) is 4.90 Å². The van der Waals surface area contributed by atoms with Crippen molar-refractivity contribution < 1.29 is 8.42 Å². The Morgan fingerprint density at radius 3 is 2.82 bits per heavy atom. The number of sulfonamides is 1. The van der Waals surface area contributed by atoms with Gasteiger partial charge in [0, 0.05) is 10.7 Å². The first-order chi connectivity index (χ1) is 7.99. The normalized spacial score (nSPS) is 11.4. The lowest BCUT2D eigenvalue weighted by molar-refractivity contribution is 0.601. The van der Waals surface area contributed by atoms with Crippen LogP contribution in [0.1, 0.15) is 0 Å². The highest BCUT2D eigenvalue weighted by Gasteiger charge is 2.18. The maximum absolute atomic E-state index is 12.0. The number of aromatic nitrogens is 2. The van der Waals surface area contributed by atoms with Crippen molar-refractivity contribution in [1.82, 2.24) is 10.2 Å². The molecule has 8 heteroatoms. The van der Waals surface area contributed by atoms with E-state index in [9.17, 15) is 8.42 Å². The van der Waals surface area contributed by atoms with E-state index >= 15 is 0 Å². The molecule has 2 N–H and O–H groups in total. The molecule has 2 aromatic rings. The lowest BCUT2D eigenvalue weighted by Crippen LogP contribution is -2.13. The molecular formula is C9H7BrClN3O2S. The SMILES string of the molecule is O=S(=O)(Nc1cn[nH]c1)c1cc(Br)ccc1Cl. The summed E-state index contributed by atoms with van der Waals surface area (Å²) in [6.07, 6.45) is 2.80. The third-order valence-electron chi connectivity index (χ3n) is 1.93. The molecule has 0 aliphatic carbocycles. The first-order valence-electron chi connectivity index (χ1n) is 4.46. The summed E-state index contributed by atoms with van der Waals surface area (Å²) in [5.74, 6) is 0. The number of rotatable bonds is 3. The van der Waals surface area contributed by atoms with Gasteiger partial charge in [0.25, 0.3) is 10.0 Å². The van der Waals surface area contributed by atoms with Crippen LogP contribution in [0, 0.1) is 0 Å². The molecule has 0 spiro atoms. The van der Waals surface area contributed by atoms with E-state index in [1.54, 1.807) is 6.07 Å². The molecule has 1 aromatic heterocycles. The molecule has 0 saturated carbocycles. The van der Waals surface area contributed by atoms with Crippen LogP contribution in [-0.4, -0.2) is 18.6 Å². The van der Waals surface area contributed by atoms with Crippen LogP contribution >= 0.6 is 27.5 Å². The number of anilines is 1. The van der Waals surface area contributed by atoms with Gasteiger partial charge in [-0.25, -0.2) is 8.42 Å². The minimum absolute atomic E-state index is 0.00902. The van der Waals surface area contributed by atoms with Gasteiger partial charge in [-0.2, -0.15) is 5.10 Å². The fraction of sp³-hybridized carbons (Fsp3) is 0. The quantitative estimate of drug-likeness (QED) is 0.905. The molecular weight excluding hydrogens is 330 g/mol. The second kappa shape index (κ2) is 4.67. The van der Waals surface area contributed by atoms with Crippen molar-refractivity contribution in [2.24, 2.45) is 0 Å². The zero-order valence-corrected chi connectivity index (χ0v) is 11.5. The highest BCUT2D eigenvalue weighted by atomic mass is 79.9. The molecule has 1 heterocycles. The third-order valence-corrected chi connectivity index (χ3v) is 4.29. The van der Waals surface area contributed by atoms with Gasteiger partial charge in [0.1, 0.15) is 4.90 Å². The fourth-order valence-electron chi connectivity index (χ4n) is 1.20. The molecule has 0 atom stereocenters. The number of hydrogen-bond acceptors (Lipinski definition) is 3. The Bertz CT molecular complexity index is 628. The minimum Gasteiger partial charge on any atom is -0.284 e. The van der Waals surface area contributed by atoms with E-state index in [-0.39, 0.29) is 9.92 Å². The molecule has 5 nitrogen and oxygen atoms in total. The van der Waals surface area contributed by atoms with Crippen molar-refractivity contribution in [1.29, 1.82) is 0 Å². The molecule has 1 aromatic carbocycles. The van der Waals surface area contributed by atoms with E-state index in [0.717, 1.165) is 0 Å². The van der Waals surface area contributed by atoms with Gasteiger partial charge < -0.3 is 0 Å². The van der Waals surface area contributed by atoms with Crippen molar-refractivity contribution in [3.05, 3.63) is 40.1 Å². The number of H-pyrrole nitrogens is 1. The Balaban J connectivity index is 2.41. The Hall–Kier alpha value is -1.05. The van der Waals surface area contributed by atoms with Crippen molar-refractivity contribution in [3.8, 4) is 0 Å². The topological polar surface area (TPSA) is 74.8 Å². The van der Waals surface area contributed by atoms with Crippen LogP contribution in [0.5, 0.6) is 0 Å². The Kier molecular flexibility index (Phi) is 3.41. The Morgan fingerprint density at radius 2 is 2.18 bits per heavy atom. The predicted octanol–water partition coefficient (Wildman–Crippen LogP) is 2.63. The second-order valence-corrected chi connectivity index (χ2v) is 6.14. The van der Waals surface area contributed by atoms with Gasteiger partial charge >= 0.3 is 0 Å². The van der Waals surface area contributed by atoms with E-state index in [2.05, 4.69) is 30.8 Å². The lowest BCUT2D eigenvalue weighted by atomic mass is 10.4. The third kappa shape index (κ3) is 2.80. The zero-order valence-electron chi connectivity index (χ0n) is 8.31. The molecule has 0 radical (unpaired) electrons. The molecule has 0 amide bonds. The summed E-state index contributed by atoms with van der Waals surface area (Å²) in [6, 6.07) is 4.61. The van der Waals surface area contributed by atoms with Gasteiger partial charge in [-0.1, -0.05) is 27.5 Å². The van der Waals surface area contributed by atoms with Crippen LogP contribution in [-0.2, 0) is 10.0 Å². The van der Waals surface area contributed by atoms with Crippen molar-refractivity contribution in [3.63, 3.8) is 0 Å². The maximum Gasteiger partial charge on any atom is 0.263 e. The molecule has 0 bridgehead atoms. The van der Waals surface area contributed by atoms with E-state index < -0.39 is 10.0 Å². The average Bonchev–Trinajstić information content (AvgIpc) is 2.73. The predicted molar refractivity (Wildman–Crippen MR) is 68.5 cm³/mol. The maximum atomic E-state index is 12.0. The first kappa shape index (κ1) is 12.4. The van der Waals surface area contributed by atoms with Crippen LogP contribution in [0.3, 0.4) is 0 Å². The molecule has 0 saturated heterocycles. The highest BCUT2D eigenvalue weighted by Crippen LogP contribution is 2.26. The molecule has 0 fully saturated rings. The standard InChI is InChI=1S/C9H7BrClN3O2S/c10-6-1-2-8(11)9(3-6)17(15,16)14-7-4-12-13-5-7/h1-5,14H,(H,12,13). The van der Waals surface area contributed by atoms with Crippen LogP contribution < -0.4 is 4.72 Å². The van der Waals surface area contributed by atoms with Gasteiger partial charge in [-0.05, 0) is 18.2 Å². The number of aromatic amines is 1. The van der Waals surface area contributed by atoms with Gasteiger partial charge in [-0.15, -0.1) is 0 Å². The molecule has 0 unspecified atom stereocenters. The summed E-state index contributed by atoms with van der Waals surface area (Å²) >= 11 is 9.05. The van der Waals surface area contributed by atoms with Crippen LogP contribution in [0.2, 0.25) is 5.02 Å². The van der Waals surface area contributed by atoms with Gasteiger partial charge in [0.05, 0.1) is 16.9 Å². The van der Waals surface area contributed by atoms with Crippen molar-refractivity contribution in [2.75, 3.05) is 4.72 Å². The number of nitrogens with zero attached hydrogens (tertiary/aromatic N) is 1. The summed E-state index contributed by atoms with van der Waals surface area (Å²) in [4.78, 5) is 0.00902. The Labute approximate surface area is 111 Å². The molecule has 2 rings (SSSR count). The van der Waals surface area contributed by atoms with Gasteiger partial charge in [0.15, 0.2) is 0 Å². The Morgan fingerprint density at radius 1 is 1.41 bits per heavy atom. The molecule has 0 aliphatic heterocycles. The summed E-state index contributed by atoms with van der Waals surface area (Å²) < 4.78 is 27.0. The fourth-order valence-corrected chi connectivity index (χ4v) is 3.27. The van der Waals surface area contributed by atoms with Crippen molar-refractivity contribution >= 4 is 43.2 Å². The summed E-state index contributed by atoms with van der Waals surface area (Å²) in [6.45, 7) is 0. The molecule has 0 aliphatic rings. The molecule has 90 valence electrons. The summed E-state index contributed by atoms with van der Waals surface area (Å²) in [5, 5.41) is 6.31. The van der Waals surface area contributed by atoms with E-state index in [1.807, 2.05) is 0 Å². The van der Waals surface area contributed by atoms with Crippen LogP contribution in [0.25, 0.3) is 0 Å². The average molecular weight is 337 g/mol. The smallest absolute Gasteiger partial charge is 0.263 e. The number of halogens is 2. The van der Waals surface area contributed by atoms with E-state index in [4.69, 9.17) is 11.6 Å².